The number of carboxylic acid groups (broad SMARTS) is 1. The number of hydrogen-bond donors (Lipinski definition) is 2. The highest BCUT2D eigenvalue weighted by Gasteiger charge is 2.22. The maximum absolute atomic E-state index is 12.4. The third kappa shape index (κ3) is 6.26. The summed E-state index contributed by atoms with van der Waals surface area (Å²) in [5.74, 6) is -1.59. The summed E-state index contributed by atoms with van der Waals surface area (Å²) >= 11 is 3.36. The lowest BCUT2D eigenvalue weighted by Gasteiger charge is -2.25. The zero-order chi connectivity index (χ0) is 16.7. The molecule has 0 radical (unpaired) electrons. The highest BCUT2D eigenvalue weighted by molar-refractivity contribution is 9.10. The van der Waals surface area contributed by atoms with Gasteiger partial charge in [0.15, 0.2) is 0 Å². The second-order valence-corrected chi connectivity index (χ2v) is 5.87. The molecule has 0 fully saturated rings. The van der Waals surface area contributed by atoms with Crippen LogP contribution in [-0.2, 0) is 20.9 Å². The molecule has 0 aromatic heterocycles. The molecule has 7 heteroatoms. The lowest BCUT2D eigenvalue weighted by molar-refractivity contribution is -0.140. The number of amides is 2. The smallest absolute Gasteiger partial charge is 0.305 e. The predicted molar refractivity (Wildman–Crippen MR) is 85.1 cm³/mol. The average molecular weight is 371 g/mol. The van der Waals surface area contributed by atoms with E-state index >= 15 is 0 Å². The summed E-state index contributed by atoms with van der Waals surface area (Å²) < 4.78 is 0.880. The van der Waals surface area contributed by atoms with E-state index in [-0.39, 0.29) is 31.3 Å². The molecule has 1 aromatic rings. The summed E-state index contributed by atoms with van der Waals surface area (Å²) in [5, 5.41) is 11.3. The Balaban J connectivity index is 2.84. The van der Waals surface area contributed by atoms with Crippen LogP contribution in [0.4, 0.5) is 0 Å². The summed E-state index contributed by atoms with van der Waals surface area (Å²) in [4.78, 5) is 35.7. The van der Waals surface area contributed by atoms with Gasteiger partial charge in [0.1, 0.15) is 6.04 Å². The van der Waals surface area contributed by atoms with Gasteiger partial charge in [0.05, 0.1) is 6.42 Å². The highest BCUT2D eigenvalue weighted by Crippen LogP contribution is 2.14. The van der Waals surface area contributed by atoms with Gasteiger partial charge in [0.25, 0.3) is 0 Å². The first kappa shape index (κ1) is 18.2. The van der Waals surface area contributed by atoms with Crippen molar-refractivity contribution in [3.8, 4) is 0 Å². The van der Waals surface area contributed by atoms with E-state index in [1.807, 2.05) is 24.3 Å². The molecule has 2 N–H and O–H groups in total. The summed E-state index contributed by atoms with van der Waals surface area (Å²) in [6, 6.07) is 6.74. The minimum absolute atomic E-state index is 0.0879. The topological polar surface area (TPSA) is 86.7 Å². The SMILES string of the molecule is CC(=O)NC(C)C(=O)N(CCC(=O)O)Cc1cccc(Br)c1. The average Bonchev–Trinajstić information content (AvgIpc) is 2.41. The largest absolute Gasteiger partial charge is 0.481 e. The normalized spacial score (nSPS) is 11.6. The summed E-state index contributed by atoms with van der Waals surface area (Å²) in [7, 11) is 0. The number of halogens is 1. The second kappa shape index (κ2) is 8.53. The number of benzene rings is 1. The van der Waals surface area contributed by atoms with E-state index in [9.17, 15) is 14.4 Å². The summed E-state index contributed by atoms with van der Waals surface area (Å²) in [6.45, 7) is 3.29. The fraction of sp³-hybridized carbons (Fsp3) is 0.400. The molecule has 1 rings (SSSR count). The first-order valence-corrected chi connectivity index (χ1v) is 7.61. The van der Waals surface area contributed by atoms with Gasteiger partial charge in [-0.1, -0.05) is 28.1 Å². The molecule has 0 aliphatic rings. The maximum atomic E-state index is 12.4. The highest BCUT2D eigenvalue weighted by atomic mass is 79.9. The van der Waals surface area contributed by atoms with Crippen LogP contribution in [0.3, 0.4) is 0 Å². The van der Waals surface area contributed by atoms with Crippen LogP contribution in [0, 0.1) is 0 Å². The Morgan fingerprint density at radius 3 is 2.59 bits per heavy atom. The van der Waals surface area contributed by atoms with E-state index in [0.717, 1.165) is 10.0 Å². The van der Waals surface area contributed by atoms with Crippen LogP contribution >= 0.6 is 15.9 Å². The van der Waals surface area contributed by atoms with Gasteiger partial charge in [0.2, 0.25) is 11.8 Å². The number of hydrogen-bond acceptors (Lipinski definition) is 3. The van der Waals surface area contributed by atoms with Gasteiger partial charge in [-0.3, -0.25) is 14.4 Å². The Morgan fingerprint density at radius 1 is 1.36 bits per heavy atom. The molecule has 0 heterocycles. The predicted octanol–water partition coefficient (Wildman–Crippen LogP) is 1.78. The lowest BCUT2D eigenvalue weighted by atomic mass is 10.2. The van der Waals surface area contributed by atoms with Crippen molar-refractivity contribution in [1.29, 1.82) is 0 Å². The Kier molecular flexibility index (Phi) is 7.04. The molecule has 22 heavy (non-hydrogen) atoms. The molecule has 0 saturated heterocycles. The van der Waals surface area contributed by atoms with E-state index in [1.165, 1.54) is 11.8 Å². The number of nitrogens with one attached hydrogen (secondary N) is 1. The Morgan fingerprint density at radius 2 is 2.05 bits per heavy atom. The van der Waals surface area contributed by atoms with E-state index in [1.54, 1.807) is 6.92 Å². The molecule has 0 saturated carbocycles. The molecule has 0 bridgehead atoms. The molecular weight excluding hydrogens is 352 g/mol. The van der Waals surface area contributed by atoms with Crippen LogP contribution in [0.15, 0.2) is 28.7 Å². The molecule has 0 spiro atoms. The van der Waals surface area contributed by atoms with E-state index in [0.29, 0.717) is 0 Å². The van der Waals surface area contributed by atoms with Crippen molar-refractivity contribution in [1.82, 2.24) is 10.2 Å². The number of carbonyl (C=O) groups excluding carboxylic acids is 2. The molecule has 1 aromatic carbocycles. The van der Waals surface area contributed by atoms with Crippen molar-refractivity contribution >= 4 is 33.7 Å². The zero-order valence-corrected chi connectivity index (χ0v) is 14.1. The number of nitrogens with zero attached hydrogens (tertiary/aromatic N) is 1. The van der Waals surface area contributed by atoms with Crippen LogP contribution < -0.4 is 5.32 Å². The van der Waals surface area contributed by atoms with Gasteiger partial charge in [-0.2, -0.15) is 0 Å². The first-order valence-electron chi connectivity index (χ1n) is 6.81. The quantitative estimate of drug-likeness (QED) is 0.765. The van der Waals surface area contributed by atoms with E-state index in [4.69, 9.17) is 5.11 Å². The summed E-state index contributed by atoms with van der Waals surface area (Å²) in [5.41, 5.74) is 0.878. The van der Waals surface area contributed by atoms with Crippen LogP contribution in [0.1, 0.15) is 25.8 Å². The monoisotopic (exact) mass is 370 g/mol. The molecular formula is C15H19BrN2O4. The van der Waals surface area contributed by atoms with Crippen LogP contribution in [0.25, 0.3) is 0 Å². The number of carboxylic acids is 1. The van der Waals surface area contributed by atoms with Gasteiger partial charge in [-0.05, 0) is 24.6 Å². The van der Waals surface area contributed by atoms with Crippen molar-refractivity contribution in [2.45, 2.75) is 32.9 Å². The van der Waals surface area contributed by atoms with Gasteiger partial charge in [-0.25, -0.2) is 0 Å². The van der Waals surface area contributed by atoms with Crippen molar-refractivity contribution < 1.29 is 19.5 Å². The van der Waals surface area contributed by atoms with Crippen LogP contribution in [0.5, 0.6) is 0 Å². The number of rotatable bonds is 7. The summed E-state index contributed by atoms with van der Waals surface area (Å²) in [6.07, 6.45) is -0.146. The molecule has 0 aliphatic heterocycles. The van der Waals surface area contributed by atoms with Crippen LogP contribution in [0.2, 0.25) is 0 Å². The molecule has 0 aliphatic carbocycles. The number of carbonyl (C=O) groups is 3. The Bertz CT molecular complexity index is 562. The van der Waals surface area contributed by atoms with Crippen molar-refractivity contribution in [3.05, 3.63) is 34.3 Å². The molecule has 2 amide bonds. The van der Waals surface area contributed by atoms with Gasteiger partial charge in [-0.15, -0.1) is 0 Å². The molecule has 1 atom stereocenters. The Labute approximate surface area is 137 Å². The minimum atomic E-state index is -0.973. The fourth-order valence-corrected chi connectivity index (χ4v) is 2.44. The van der Waals surface area contributed by atoms with Gasteiger partial charge >= 0.3 is 5.97 Å². The van der Waals surface area contributed by atoms with E-state index < -0.39 is 12.0 Å². The van der Waals surface area contributed by atoms with Gasteiger partial charge in [0, 0.05) is 24.5 Å². The minimum Gasteiger partial charge on any atom is -0.481 e. The Hall–Kier alpha value is -1.89. The third-order valence-electron chi connectivity index (χ3n) is 2.96. The standard InChI is InChI=1S/C15H19BrN2O4/c1-10(17-11(2)19)15(22)18(7-6-14(20)21)9-12-4-3-5-13(16)8-12/h3-5,8,10H,6-7,9H2,1-2H3,(H,17,19)(H,20,21). The van der Waals surface area contributed by atoms with Crippen molar-refractivity contribution in [2.24, 2.45) is 0 Å². The van der Waals surface area contributed by atoms with Crippen molar-refractivity contribution in [2.75, 3.05) is 6.54 Å². The molecule has 1 unspecified atom stereocenters. The second-order valence-electron chi connectivity index (χ2n) is 4.96. The first-order chi connectivity index (χ1) is 10.3. The van der Waals surface area contributed by atoms with Crippen LogP contribution in [-0.4, -0.2) is 40.4 Å². The zero-order valence-electron chi connectivity index (χ0n) is 12.5. The maximum Gasteiger partial charge on any atom is 0.305 e. The lowest BCUT2D eigenvalue weighted by Crippen LogP contribution is -2.46. The van der Waals surface area contributed by atoms with E-state index in [2.05, 4.69) is 21.2 Å². The number of aliphatic carboxylic acids is 1. The molecule has 6 nitrogen and oxygen atoms in total. The fourth-order valence-electron chi connectivity index (χ4n) is 1.99. The van der Waals surface area contributed by atoms with Gasteiger partial charge < -0.3 is 15.3 Å². The third-order valence-corrected chi connectivity index (χ3v) is 3.45. The van der Waals surface area contributed by atoms with Crippen molar-refractivity contribution in [3.63, 3.8) is 0 Å². The molecule has 120 valence electrons.